The van der Waals surface area contributed by atoms with Crippen LogP contribution in [0.4, 0.5) is 5.13 Å². The first-order chi connectivity index (χ1) is 10.7. The van der Waals surface area contributed by atoms with Crippen molar-refractivity contribution in [2.45, 2.75) is 6.54 Å². The van der Waals surface area contributed by atoms with Crippen LogP contribution in [0, 0.1) is 0 Å². The molecule has 5 heteroatoms. The second kappa shape index (κ2) is 6.41. The van der Waals surface area contributed by atoms with E-state index in [9.17, 15) is 4.79 Å². The third-order valence-electron chi connectivity index (χ3n) is 3.23. The third kappa shape index (κ3) is 3.32. The number of carbonyl (C=O) groups is 1. The lowest BCUT2D eigenvalue weighted by Gasteiger charge is -2.06. The SMILES string of the molecule is Nc1nc(CNC(=O)c2cccc(-c3ccccc3)c2)cs1. The number of nitrogens with one attached hydrogen (secondary N) is 1. The first-order valence-electron chi connectivity index (χ1n) is 6.86. The molecule has 22 heavy (non-hydrogen) atoms. The van der Waals surface area contributed by atoms with Crippen LogP contribution in [-0.4, -0.2) is 10.9 Å². The third-order valence-corrected chi connectivity index (χ3v) is 3.95. The van der Waals surface area contributed by atoms with Gasteiger partial charge in [0.15, 0.2) is 5.13 Å². The zero-order chi connectivity index (χ0) is 15.4. The maximum atomic E-state index is 12.2. The fraction of sp³-hybridized carbons (Fsp3) is 0.0588. The van der Waals surface area contributed by atoms with Gasteiger partial charge in [0.2, 0.25) is 0 Å². The molecule has 0 bridgehead atoms. The molecule has 110 valence electrons. The maximum absolute atomic E-state index is 12.2. The Morgan fingerprint density at radius 3 is 2.59 bits per heavy atom. The molecule has 1 amide bonds. The zero-order valence-corrected chi connectivity index (χ0v) is 12.6. The normalized spacial score (nSPS) is 10.4. The van der Waals surface area contributed by atoms with E-state index in [-0.39, 0.29) is 5.91 Å². The minimum absolute atomic E-state index is 0.121. The van der Waals surface area contributed by atoms with E-state index in [1.165, 1.54) is 11.3 Å². The van der Waals surface area contributed by atoms with Crippen LogP contribution in [0.25, 0.3) is 11.1 Å². The molecule has 0 atom stereocenters. The Hall–Kier alpha value is -2.66. The van der Waals surface area contributed by atoms with E-state index in [1.807, 2.05) is 53.9 Å². The molecule has 1 heterocycles. The summed E-state index contributed by atoms with van der Waals surface area (Å²) in [7, 11) is 0. The van der Waals surface area contributed by atoms with Gasteiger partial charge in [-0.2, -0.15) is 0 Å². The molecule has 0 saturated carbocycles. The highest BCUT2D eigenvalue weighted by molar-refractivity contribution is 7.13. The summed E-state index contributed by atoms with van der Waals surface area (Å²) in [5.41, 5.74) is 9.08. The summed E-state index contributed by atoms with van der Waals surface area (Å²) in [6, 6.07) is 17.6. The number of anilines is 1. The molecule has 3 N–H and O–H groups in total. The van der Waals surface area contributed by atoms with Crippen molar-refractivity contribution < 1.29 is 4.79 Å². The largest absolute Gasteiger partial charge is 0.375 e. The van der Waals surface area contributed by atoms with E-state index in [0.717, 1.165) is 16.8 Å². The van der Waals surface area contributed by atoms with Gasteiger partial charge in [-0.25, -0.2) is 4.98 Å². The molecule has 0 aliphatic rings. The van der Waals surface area contributed by atoms with Crippen LogP contribution in [0.5, 0.6) is 0 Å². The van der Waals surface area contributed by atoms with Crippen molar-refractivity contribution >= 4 is 22.4 Å². The van der Waals surface area contributed by atoms with E-state index in [0.29, 0.717) is 17.2 Å². The number of rotatable bonds is 4. The molecule has 0 spiro atoms. The Kier molecular flexibility index (Phi) is 4.16. The van der Waals surface area contributed by atoms with Crippen molar-refractivity contribution in [2.75, 3.05) is 5.73 Å². The zero-order valence-electron chi connectivity index (χ0n) is 11.8. The van der Waals surface area contributed by atoms with Crippen molar-refractivity contribution in [3.05, 3.63) is 71.2 Å². The number of amides is 1. The number of nitrogens with zero attached hydrogens (tertiary/aromatic N) is 1. The van der Waals surface area contributed by atoms with Crippen LogP contribution in [0.15, 0.2) is 60.0 Å². The van der Waals surface area contributed by atoms with Gasteiger partial charge >= 0.3 is 0 Å². The molecule has 0 radical (unpaired) electrons. The Morgan fingerprint density at radius 1 is 1.09 bits per heavy atom. The van der Waals surface area contributed by atoms with Crippen molar-refractivity contribution in [3.8, 4) is 11.1 Å². The summed E-state index contributed by atoms with van der Waals surface area (Å²) in [5, 5.41) is 5.21. The predicted molar refractivity (Wildman–Crippen MR) is 89.6 cm³/mol. The first-order valence-corrected chi connectivity index (χ1v) is 7.74. The number of hydrogen-bond donors (Lipinski definition) is 2. The number of thiazole rings is 1. The minimum Gasteiger partial charge on any atom is -0.375 e. The van der Waals surface area contributed by atoms with Crippen LogP contribution in [0.2, 0.25) is 0 Å². The Balaban J connectivity index is 1.73. The van der Waals surface area contributed by atoms with Crippen LogP contribution in [0.3, 0.4) is 0 Å². The lowest BCUT2D eigenvalue weighted by molar-refractivity contribution is 0.0950. The van der Waals surface area contributed by atoms with Gasteiger partial charge in [-0.3, -0.25) is 4.79 Å². The average Bonchev–Trinajstić information content (AvgIpc) is 2.99. The molecule has 0 fully saturated rings. The summed E-state index contributed by atoms with van der Waals surface area (Å²) in [4.78, 5) is 16.4. The number of benzene rings is 2. The molecule has 0 unspecified atom stereocenters. The Bertz CT molecular complexity index is 783. The minimum atomic E-state index is -0.121. The summed E-state index contributed by atoms with van der Waals surface area (Å²) in [6.07, 6.45) is 0. The van der Waals surface area contributed by atoms with Crippen LogP contribution in [0.1, 0.15) is 16.1 Å². The molecule has 3 rings (SSSR count). The smallest absolute Gasteiger partial charge is 0.251 e. The molecular weight excluding hydrogens is 294 g/mol. The first kappa shape index (κ1) is 14.3. The molecule has 1 aromatic heterocycles. The van der Waals surface area contributed by atoms with Gasteiger partial charge in [0.05, 0.1) is 12.2 Å². The topological polar surface area (TPSA) is 68.0 Å². The lowest BCUT2D eigenvalue weighted by atomic mass is 10.0. The van der Waals surface area contributed by atoms with Crippen molar-refractivity contribution in [2.24, 2.45) is 0 Å². The van der Waals surface area contributed by atoms with Crippen LogP contribution < -0.4 is 11.1 Å². The van der Waals surface area contributed by atoms with Gasteiger partial charge in [0.25, 0.3) is 5.91 Å². The summed E-state index contributed by atoms with van der Waals surface area (Å²) in [6.45, 7) is 0.377. The Labute approximate surface area is 132 Å². The number of nitrogen functional groups attached to an aromatic ring is 1. The molecule has 2 aromatic carbocycles. The van der Waals surface area contributed by atoms with E-state index in [4.69, 9.17) is 5.73 Å². The highest BCUT2D eigenvalue weighted by Crippen LogP contribution is 2.20. The average molecular weight is 309 g/mol. The van der Waals surface area contributed by atoms with E-state index in [1.54, 1.807) is 6.07 Å². The van der Waals surface area contributed by atoms with Crippen LogP contribution in [-0.2, 0) is 6.54 Å². The van der Waals surface area contributed by atoms with E-state index >= 15 is 0 Å². The number of nitrogens with two attached hydrogens (primary N) is 1. The molecule has 4 nitrogen and oxygen atoms in total. The number of carbonyl (C=O) groups excluding carboxylic acids is 1. The second-order valence-corrected chi connectivity index (χ2v) is 5.70. The lowest BCUT2D eigenvalue weighted by Crippen LogP contribution is -2.22. The predicted octanol–water partition coefficient (Wildman–Crippen LogP) is 3.32. The van der Waals surface area contributed by atoms with Crippen molar-refractivity contribution in [3.63, 3.8) is 0 Å². The van der Waals surface area contributed by atoms with Gasteiger partial charge in [-0.15, -0.1) is 11.3 Å². The van der Waals surface area contributed by atoms with Gasteiger partial charge in [-0.05, 0) is 23.3 Å². The summed E-state index contributed by atoms with van der Waals surface area (Å²) < 4.78 is 0. The highest BCUT2D eigenvalue weighted by atomic mass is 32.1. The second-order valence-electron chi connectivity index (χ2n) is 4.81. The van der Waals surface area contributed by atoms with E-state index < -0.39 is 0 Å². The van der Waals surface area contributed by atoms with Gasteiger partial charge in [-0.1, -0.05) is 42.5 Å². The quantitative estimate of drug-likeness (QED) is 0.777. The fourth-order valence-corrected chi connectivity index (χ4v) is 2.71. The van der Waals surface area contributed by atoms with Crippen molar-refractivity contribution in [1.82, 2.24) is 10.3 Å². The molecular formula is C17H15N3OS. The Morgan fingerprint density at radius 2 is 1.86 bits per heavy atom. The molecule has 0 saturated heterocycles. The molecule has 3 aromatic rings. The molecule has 0 aliphatic carbocycles. The van der Waals surface area contributed by atoms with E-state index in [2.05, 4.69) is 10.3 Å². The number of aromatic nitrogens is 1. The van der Waals surface area contributed by atoms with Gasteiger partial charge in [0, 0.05) is 10.9 Å². The fourth-order valence-electron chi connectivity index (χ4n) is 2.15. The monoisotopic (exact) mass is 309 g/mol. The summed E-state index contributed by atoms with van der Waals surface area (Å²) in [5.74, 6) is -0.121. The number of hydrogen-bond acceptors (Lipinski definition) is 4. The van der Waals surface area contributed by atoms with Crippen LogP contribution >= 0.6 is 11.3 Å². The standard InChI is InChI=1S/C17H15N3OS/c18-17-20-15(11-22-17)10-19-16(21)14-8-4-7-13(9-14)12-5-2-1-3-6-12/h1-9,11H,10H2,(H2,18,20)(H,19,21). The van der Waals surface area contributed by atoms with Gasteiger partial charge < -0.3 is 11.1 Å². The van der Waals surface area contributed by atoms with Crippen molar-refractivity contribution in [1.29, 1.82) is 0 Å². The highest BCUT2D eigenvalue weighted by Gasteiger charge is 2.08. The molecule has 0 aliphatic heterocycles. The van der Waals surface area contributed by atoms with Gasteiger partial charge in [0.1, 0.15) is 0 Å². The summed E-state index contributed by atoms with van der Waals surface area (Å²) >= 11 is 1.37. The maximum Gasteiger partial charge on any atom is 0.251 e.